The minimum Gasteiger partial charge on any atom is -0.403 e. The van der Waals surface area contributed by atoms with Crippen LogP contribution >= 0.6 is 11.8 Å². The summed E-state index contributed by atoms with van der Waals surface area (Å²) in [5, 5.41) is 0.325. The molecule has 1 aliphatic carbocycles. The van der Waals surface area contributed by atoms with Crippen LogP contribution in [0.2, 0.25) is 0 Å². The fourth-order valence-electron chi connectivity index (χ4n) is 1.66. The Labute approximate surface area is 115 Å². The number of aliphatic imine (C=N–C) groups is 1. The summed E-state index contributed by atoms with van der Waals surface area (Å²) in [4.78, 5) is 26.6. The second-order valence-corrected chi connectivity index (χ2v) is 5.53. The average Bonchev–Trinajstić information content (AvgIpc) is 3.19. The van der Waals surface area contributed by atoms with Gasteiger partial charge in [0, 0.05) is 11.8 Å². The molecule has 5 nitrogen and oxygen atoms in total. The van der Waals surface area contributed by atoms with Gasteiger partial charge in [-0.15, -0.1) is 0 Å². The van der Waals surface area contributed by atoms with E-state index in [1.54, 1.807) is 0 Å². The van der Waals surface area contributed by atoms with Gasteiger partial charge in [0.25, 0.3) is 0 Å². The molecule has 1 aromatic heterocycles. The van der Waals surface area contributed by atoms with Gasteiger partial charge in [0.05, 0.1) is 5.56 Å². The fourth-order valence-corrected chi connectivity index (χ4v) is 2.55. The molecule has 1 saturated carbocycles. The van der Waals surface area contributed by atoms with E-state index in [9.17, 15) is 9.59 Å². The zero-order valence-corrected chi connectivity index (χ0v) is 11.5. The summed E-state index contributed by atoms with van der Waals surface area (Å²) in [7, 11) is 0. The summed E-state index contributed by atoms with van der Waals surface area (Å²) < 4.78 is 4.97. The van der Waals surface area contributed by atoms with Crippen LogP contribution in [0.1, 0.15) is 35.7 Å². The van der Waals surface area contributed by atoms with Crippen molar-refractivity contribution in [3.05, 3.63) is 27.6 Å². The number of nitrogens with two attached hydrogens (primary N) is 1. The number of hydrogen-bond acceptors (Lipinski definition) is 5. The number of amidine groups is 1. The van der Waals surface area contributed by atoms with Gasteiger partial charge >= 0.3 is 5.63 Å². The van der Waals surface area contributed by atoms with Gasteiger partial charge in [-0.3, -0.25) is 4.79 Å². The van der Waals surface area contributed by atoms with Crippen LogP contribution in [0.5, 0.6) is 0 Å². The molecule has 0 aliphatic heterocycles. The van der Waals surface area contributed by atoms with Crippen LogP contribution in [-0.4, -0.2) is 17.2 Å². The molecule has 2 N–H and O–H groups in total. The van der Waals surface area contributed by atoms with Crippen molar-refractivity contribution in [3.8, 4) is 0 Å². The predicted molar refractivity (Wildman–Crippen MR) is 76.2 cm³/mol. The number of aryl methyl sites for hydroxylation is 1. The standard InChI is InChI=1S/C13H16N2O3S/c1-2-9-5-11(17)18-12(10(9)6-16)15-13(14)19-7-8-3-4-8/h5-6,8H,2-4,7H2,1H3,(H2,14,15). The van der Waals surface area contributed by atoms with Crippen LogP contribution in [0.3, 0.4) is 0 Å². The average molecular weight is 280 g/mol. The summed E-state index contributed by atoms with van der Waals surface area (Å²) >= 11 is 1.43. The van der Waals surface area contributed by atoms with Gasteiger partial charge in [0.2, 0.25) is 5.88 Å². The number of thioether (sulfide) groups is 1. The molecule has 0 spiro atoms. The van der Waals surface area contributed by atoms with Crippen molar-refractivity contribution in [2.45, 2.75) is 26.2 Å². The van der Waals surface area contributed by atoms with Crippen molar-refractivity contribution in [2.24, 2.45) is 16.6 Å². The Bertz CT molecular complexity index is 561. The van der Waals surface area contributed by atoms with E-state index >= 15 is 0 Å². The van der Waals surface area contributed by atoms with E-state index in [-0.39, 0.29) is 5.88 Å². The summed E-state index contributed by atoms with van der Waals surface area (Å²) in [6.07, 6.45) is 3.69. The molecule has 1 aromatic rings. The van der Waals surface area contributed by atoms with Gasteiger partial charge in [0.15, 0.2) is 11.5 Å². The maximum Gasteiger partial charge on any atom is 0.337 e. The van der Waals surface area contributed by atoms with Gasteiger partial charge < -0.3 is 10.2 Å². The first-order chi connectivity index (χ1) is 9.13. The zero-order valence-electron chi connectivity index (χ0n) is 10.7. The van der Waals surface area contributed by atoms with Crippen LogP contribution in [0.15, 0.2) is 20.3 Å². The molecular weight excluding hydrogens is 264 g/mol. The van der Waals surface area contributed by atoms with Crippen molar-refractivity contribution < 1.29 is 9.21 Å². The molecule has 2 rings (SSSR count). The third-order valence-corrected chi connectivity index (χ3v) is 3.97. The molecule has 0 saturated heterocycles. The first-order valence-electron chi connectivity index (χ1n) is 6.23. The van der Waals surface area contributed by atoms with Gasteiger partial charge in [-0.05, 0) is 30.7 Å². The molecule has 0 unspecified atom stereocenters. The lowest BCUT2D eigenvalue weighted by molar-refractivity contribution is 0.112. The molecule has 6 heteroatoms. The monoisotopic (exact) mass is 280 g/mol. The topological polar surface area (TPSA) is 85.7 Å². The van der Waals surface area contributed by atoms with Crippen LogP contribution in [0.25, 0.3) is 0 Å². The molecule has 0 radical (unpaired) electrons. The number of nitrogens with zero attached hydrogens (tertiary/aromatic N) is 1. The Morgan fingerprint density at radius 3 is 2.95 bits per heavy atom. The third-order valence-electron chi connectivity index (χ3n) is 2.94. The molecule has 1 aliphatic rings. The largest absolute Gasteiger partial charge is 0.403 e. The van der Waals surface area contributed by atoms with Crippen molar-refractivity contribution in [1.29, 1.82) is 0 Å². The minimum absolute atomic E-state index is 0.0140. The van der Waals surface area contributed by atoms with Crippen LogP contribution in [0.4, 0.5) is 5.88 Å². The second kappa shape index (κ2) is 6.06. The third kappa shape index (κ3) is 3.70. The molecule has 0 bridgehead atoms. The molecule has 0 amide bonds. The lowest BCUT2D eigenvalue weighted by Crippen LogP contribution is -2.09. The summed E-state index contributed by atoms with van der Waals surface area (Å²) in [5.41, 5.74) is 6.20. The van der Waals surface area contributed by atoms with E-state index < -0.39 is 5.63 Å². The SMILES string of the molecule is CCc1cc(=O)oc(/N=C(\N)SCC2CC2)c1C=O. The van der Waals surface area contributed by atoms with Crippen molar-refractivity contribution in [2.75, 3.05) is 5.75 Å². The molecule has 1 heterocycles. The normalized spacial score (nSPS) is 15.5. The zero-order chi connectivity index (χ0) is 13.8. The summed E-state index contributed by atoms with van der Waals surface area (Å²) in [6.45, 7) is 1.86. The Kier molecular flexibility index (Phi) is 4.42. The van der Waals surface area contributed by atoms with Gasteiger partial charge in [-0.2, -0.15) is 4.99 Å². The number of aldehydes is 1. The van der Waals surface area contributed by atoms with Gasteiger partial charge in [0.1, 0.15) is 0 Å². The lowest BCUT2D eigenvalue weighted by Gasteiger charge is -2.04. The van der Waals surface area contributed by atoms with Crippen LogP contribution in [-0.2, 0) is 6.42 Å². The Morgan fingerprint density at radius 1 is 1.63 bits per heavy atom. The lowest BCUT2D eigenvalue weighted by atomic mass is 10.1. The van der Waals surface area contributed by atoms with Crippen LogP contribution < -0.4 is 11.4 Å². The maximum absolute atomic E-state index is 11.4. The number of hydrogen-bond donors (Lipinski definition) is 1. The first-order valence-corrected chi connectivity index (χ1v) is 7.21. The second-order valence-electron chi connectivity index (χ2n) is 4.49. The minimum atomic E-state index is -0.513. The molecule has 0 atom stereocenters. The van der Waals surface area contributed by atoms with Crippen molar-refractivity contribution >= 4 is 29.1 Å². The maximum atomic E-state index is 11.4. The first kappa shape index (κ1) is 13.9. The Balaban J connectivity index is 2.26. The van der Waals surface area contributed by atoms with Gasteiger partial charge in [-0.25, -0.2) is 4.79 Å². The van der Waals surface area contributed by atoms with E-state index in [1.165, 1.54) is 30.7 Å². The number of carbonyl (C=O) groups is 1. The molecule has 19 heavy (non-hydrogen) atoms. The molecule has 1 fully saturated rings. The molecular formula is C13H16N2O3S. The van der Waals surface area contributed by atoms with Crippen molar-refractivity contribution in [3.63, 3.8) is 0 Å². The number of rotatable bonds is 5. The Hall–Kier alpha value is -1.56. The quantitative estimate of drug-likeness (QED) is 0.507. The highest BCUT2D eigenvalue weighted by Crippen LogP contribution is 2.32. The smallest absolute Gasteiger partial charge is 0.337 e. The summed E-state index contributed by atoms with van der Waals surface area (Å²) in [5.74, 6) is 1.65. The van der Waals surface area contributed by atoms with E-state index in [0.29, 0.717) is 29.0 Å². The van der Waals surface area contributed by atoms with Crippen molar-refractivity contribution in [1.82, 2.24) is 0 Å². The molecule has 102 valence electrons. The highest BCUT2D eigenvalue weighted by atomic mass is 32.2. The highest BCUT2D eigenvalue weighted by molar-refractivity contribution is 8.13. The van der Waals surface area contributed by atoms with Crippen LogP contribution in [0, 0.1) is 5.92 Å². The Morgan fingerprint density at radius 2 is 2.37 bits per heavy atom. The summed E-state index contributed by atoms with van der Waals surface area (Å²) in [6, 6.07) is 1.32. The predicted octanol–water partition coefficient (Wildman–Crippen LogP) is 2.10. The number of carbonyl (C=O) groups excluding carboxylic acids is 1. The van der Waals surface area contributed by atoms with Gasteiger partial charge in [-0.1, -0.05) is 18.7 Å². The van der Waals surface area contributed by atoms with E-state index in [1.807, 2.05) is 6.92 Å². The fraction of sp³-hybridized carbons (Fsp3) is 0.462. The molecule has 0 aromatic carbocycles. The van der Waals surface area contributed by atoms with E-state index in [4.69, 9.17) is 10.2 Å². The highest BCUT2D eigenvalue weighted by Gasteiger charge is 2.21. The van der Waals surface area contributed by atoms with E-state index in [2.05, 4.69) is 4.99 Å². The van der Waals surface area contributed by atoms with E-state index in [0.717, 1.165) is 11.7 Å².